The van der Waals surface area contributed by atoms with Crippen molar-refractivity contribution in [2.75, 3.05) is 0 Å². The Kier molecular flexibility index (Phi) is 2.27. The highest BCUT2D eigenvalue weighted by Crippen LogP contribution is 2.48. The van der Waals surface area contributed by atoms with Gasteiger partial charge in [0.25, 0.3) is 0 Å². The zero-order valence-electron chi connectivity index (χ0n) is 11.1. The van der Waals surface area contributed by atoms with Crippen LogP contribution < -0.4 is 5.73 Å². The predicted octanol–water partition coefficient (Wildman–Crippen LogP) is 2.39. The lowest BCUT2D eigenvalue weighted by Crippen LogP contribution is -2.28. The second-order valence-electron chi connectivity index (χ2n) is 5.47. The van der Waals surface area contributed by atoms with Gasteiger partial charge in [0.2, 0.25) is 0 Å². The number of nitrogens with zero attached hydrogens (tertiary/aromatic N) is 1. The van der Waals surface area contributed by atoms with Gasteiger partial charge in [-0.05, 0) is 37.7 Å². The van der Waals surface area contributed by atoms with Gasteiger partial charge in [-0.2, -0.15) is 0 Å². The summed E-state index contributed by atoms with van der Waals surface area (Å²) in [5.41, 5.74) is 9.87. The maximum atomic E-state index is 12.3. The Morgan fingerprint density at radius 3 is 2.95 bits per heavy atom. The second-order valence-corrected chi connectivity index (χ2v) is 5.84. The minimum atomic E-state index is -0.132. The van der Waals surface area contributed by atoms with Crippen molar-refractivity contribution in [2.45, 2.75) is 32.1 Å². The van der Waals surface area contributed by atoms with Crippen molar-refractivity contribution in [3.63, 3.8) is 0 Å². The summed E-state index contributed by atoms with van der Waals surface area (Å²) in [5.74, 6) is 1.38. The number of ketones is 1. The molecule has 3 heterocycles. The van der Waals surface area contributed by atoms with Crippen molar-refractivity contribution in [1.82, 2.24) is 4.57 Å². The van der Waals surface area contributed by atoms with Crippen molar-refractivity contribution in [2.24, 2.45) is 5.73 Å². The SMILES string of the molecule is Cc1ccc2n1C(N)=C1C(=S)OC3=C(C(=O)CCC3)C12. The largest absolute Gasteiger partial charge is 0.449 e. The number of thiocarbonyl (C=S) groups is 1. The molecular weight excluding hydrogens is 272 g/mol. The van der Waals surface area contributed by atoms with Crippen LogP contribution in [0.15, 0.2) is 29.0 Å². The summed E-state index contributed by atoms with van der Waals surface area (Å²) < 4.78 is 7.70. The molecule has 0 aromatic carbocycles. The summed E-state index contributed by atoms with van der Waals surface area (Å²) in [7, 11) is 0. The minimum absolute atomic E-state index is 0.132. The fraction of sp³-hybridized carbons (Fsp3) is 0.333. The summed E-state index contributed by atoms with van der Waals surface area (Å²) in [6.45, 7) is 2.00. The van der Waals surface area contributed by atoms with Crippen LogP contribution >= 0.6 is 12.2 Å². The molecule has 0 spiro atoms. The summed E-state index contributed by atoms with van der Waals surface area (Å²) in [4.78, 5) is 12.3. The van der Waals surface area contributed by atoms with E-state index in [1.807, 2.05) is 23.6 Å². The van der Waals surface area contributed by atoms with Crippen molar-refractivity contribution in [3.8, 4) is 0 Å². The zero-order valence-corrected chi connectivity index (χ0v) is 11.9. The quantitative estimate of drug-likeness (QED) is 0.744. The summed E-state index contributed by atoms with van der Waals surface area (Å²) >= 11 is 5.37. The van der Waals surface area contributed by atoms with Crippen molar-refractivity contribution < 1.29 is 9.53 Å². The molecule has 1 atom stereocenters. The molecule has 0 saturated carbocycles. The van der Waals surface area contributed by atoms with E-state index in [0.717, 1.165) is 41.1 Å². The molecule has 102 valence electrons. The first-order valence-corrected chi connectivity index (χ1v) is 7.17. The molecule has 2 aliphatic heterocycles. The average molecular weight is 286 g/mol. The molecule has 0 radical (unpaired) electrons. The first-order valence-electron chi connectivity index (χ1n) is 6.76. The van der Waals surface area contributed by atoms with Gasteiger partial charge in [-0.3, -0.25) is 4.79 Å². The fourth-order valence-electron chi connectivity index (χ4n) is 3.47. The highest BCUT2D eigenvalue weighted by atomic mass is 32.1. The number of hydrogen-bond acceptors (Lipinski definition) is 4. The van der Waals surface area contributed by atoms with Crippen LogP contribution in [0.25, 0.3) is 5.82 Å². The second kappa shape index (κ2) is 3.82. The highest BCUT2D eigenvalue weighted by Gasteiger charge is 2.44. The van der Waals surface area contributed by atoms with Crippen LogP contribution in [0.4, 0.5) is 0 Å². The highest BCUT2D eigenvalue weighted by molar-refractivity contribution is 7.80. The third-order valence-corrected chi connectivity index (χ3v) is 4.64. The molecule has 0 amide bonds. The van der Waals surface area contributed by atoms with Crippen LogP contribution in [-0.2, 0) is 9.53 Å². The molecule has 1 aliphatic carbocycles. The van der Waals surface area contributed by atoms with E-state index >= 15 is 0 Å². The third-order valence-electron chi connectivity index (χ3n) is 4.34. The summed E-state index contributed by atoms with van der Waals surface area (Å²) in [6.07, 6.45) is 2.20. The summed E-state index contributed by atoms with van der Waals surface area (Å²) in [5, 5.41) is 0.420. The van der Waals surface area contributed by atoms with Gasteiger partial charge in [0.1, 0.15) is 11.6 Å². The van der Waals surface area contributed by atoms with Gasteiger partial charge in [-0.15, -0.1) is 0 Å². The first-order chi connectivity index (χ1) is 9.59. The normalized spacial score (nSPS) is 24.6. The van der Waals surface area contributed by atoms with Crippen LogP contribution in [-0.4, -0.2) is 15.4 Å². The van der Waals surface area contributed by atoms with Crippen molar-refractivity contribution >= 4 is 28.9 Å². The third kappa shape index (κ3) is 1.31. The van der Waals surface area contributed by atoms with Crippen LogP contribution in [0.2, 0.25) is 0 Å². The number of aromatic nitrogens is 1. The maximum Gasteiger partial charge on any atom is 0.198 e. The molecule has 1 aromatic rings. The molecule has 3 aliphatic rings. The molecule has 0 saturated heterocycles. The maximum absolute atomic E-state index is 12.3. The lowest BCUT2D eigenvalue weighted by atomic mass is 9.80. The zero-order chi connectivity index (χ0) is 14.0. The monoisotopic (exact) mass is 286 g/mol. The smallest absolute Gasteiger partial charge is 0.198 e. The van der Waals surface area contributed by atoms with Gasteiger partial charge < -0.3 is 15.0 Å². The van der Waals surface area contributed by atoms with E-state index in [4.69, 9.17) is 22.7 Å². The van der Waals surface area contributed by atoms with E-state index < -0.39 is 0 Å². The molecule has 5 heteroatoms. The van der Waals surface area contributed by atoms with E-state index in [-0.39, 0.29) is 11.7 Å². The topological polar surface area (TPSA) is 57.2 Å². The molecule has 4 rings (SSSR count). The van der Waals surface area contributed by atoms with E-state index in [9.17, 15) is 4.79 Å². The molecule has 1 unspecified atom stereocenters. The number of allylic oxidation sites excluding steroid dienone is 2. The number of carbonyl (C=O) groups excluding carboxylic acids is 1. The lowest BCUT2D eigenvalue weighted by molar-refractivity contribution is -0.116. The molecule has 1 aromatic heterocycles. The molecule has 4 nitrogen and oxygen atoms in total. The van der Waals surface area contributed by atoms with Gasteiger partial charge in [-0.1, -0.05) is 0 Å². The van der Waals surface area contributed by atoms with Crippen LogP contribution in [0.3, 0.4) is 0 Å². The number of aryl methyl sites for hydroxylation is 1. The molecular formula is C15H14N2O2S. The van der Waals surface area contributed by atoms with Gasteiger partial charge in [0.05, 0.1) is 11.5 Å². The van der Waals surface area contributed by atoms with E-state index in [1.54, 1.807) is 0 Å². The van der Waals surface area contributed by atoms with Gasteiger partial charge in [0, 0.05) is 29.8 Å². The fourth-order valence-corrected chi connectivity index (χ4v) is 3.80. The number of nitrogens with two attached hydrogens (primary N) is 1. The first kappa shape index (κ1) is 11.9. The van der Waals surface area contributed by atoms with Crippen LogP contribution in [0, 0.1) is 6.92 Å². The number of Topliss-reactive ketones (excluding diaryl/α,β-unsaturated/α-hetero) is 1. The number of rotatable bonds is 0. The Bertz CT molecular complexity index is 739. The Hall–Kier alpha value is -1.88. The standard InChI is InChI=1S/C15H14N2O2S/c1-7-5-6-8-11-12-9(18)3-2-4-10(12)19-15(20)13(11)14(16)17(7)8/h5-6,11H,2-4,16H2,1H3. The summed E-state index contributed by atoms with van der Waals surface area (Å²) in [6, 6.07) is 4.05. The Morgan fingerprint density at radius 2 is 2.15 bits per heavy atom. The average Bonchev–Trinajstić information content (AvgIpc) is 2.91. The van der Waals surface area contributed by atoms with E-state index in [2.05, 4.69) is 0 Å². The van der Waals surface area contributed by atoms with Crippen molar-refractivity contribution in [3.05, 3.63) is 40.4 Å². The molecule has 0 bridgehead atoms. The Morgan fingerprint density at radius 1 is 1.35 bits per heavy atom. The number of fused-ring (bicyclic) bond motifs is 4. The Balaban J connectivity index is 2.02. The van der Waals surface area contributed by atoms with Crippen LogP contribution in [0.1, 0.15) is 36.6 Å². The number of ether oxygens (including phenoxy) is 1. The minimum Gasteiger partial charge on any atom is -0.449 e. The van der Waals surface area contributed by atoms with Gasteiger partial charge >= 0.3 is 0 Å². The van der Waals surface area contributed by atoms with Crippen molar-refractivity contribution in [1.29, 1.82) is 0 Å². The lowest BCUT2D eigenvalue weighted by Gasteiger charge is -2.30. The van der Waals surface area contributed by atoms with Gasteiger partial charge in [-0.25, -0.2) is 0 Å². The number of hydrogen-bond donors (Lipinski definition) is 1. The van der Waals surface area contributed by atoms with Gasteiger partial charge in [0.15, 0.2) is 10.8 Å². The molecule has 20 heavy (non-hydrogen) atoms. The van der Waals surface area contributed by atoms with E-state index in [0.29, 0.717) is 17.3 Å². The van der Waals surface area contributed by atoms with Crippen LogP contribution in [0.5, 0.6) is 0 Å². The Labute approximate surface area is 121 Å². The molecule has 2 N–H and O–H groups in total. The number of carbonyl (C=O) groups is 1. The molecule has 0 fully saturated rings. The predicted molar refractivity (Wildman–Crippen MR) is 78.9 cm³/mol. The van der Waals surface area contributed by atoms with E-state index in [1.165, 1.54) is 0 Å².